The first-order chi connectivity index (χ1) is 14.3. The highest BCUT2D eigenvalue weighted by Gasteiger charge is 2.61. The van der Waals surface area contributed by atoms with Gasteiger partial charge in [0.05, 0.1) is 12.2 Å². The second kappa shape index (κ2) is 7.52. The molecule has 166 valence electrons. The average molecular weight is 412 g/mol. The molecule has 2 N–H and O–H groups in total. The molecule has 0 spiro atoms. The van der Waals surface area contributed by atoms with Crippen LogP contribution in [0.25, 0.3) is 0 Å². The van der Waals surface area contributed by atoms with Crippen molar-refractivity contribution in [1.29, 1.82) is 0 Å². The highest BCUT2D eigenvalue weighted by molar-refractivity contribution is 5.47. The third-order valence-corrected chi connectivity index (χ3v) is 9.99. The summed E-state index contributed by atoms with van der Waals surface area (Å²) in [6.07, 6.45) is 7.74. The van der Waals surface area contributed by atoms with E-state index in [9.17, 15) is 10.2 Å². The number of benzene rings is 1. The van der Waals surface area contributed by atoms with Gasteiger partial charge >= 0.3 is 0 Å². The van der Waals surface area contributed by atoms with Gasteiger partial charge < -0.3 is 15.1 Å². The number of rotatable bonds is 2. The van der Waals surface area contributed by atoms with E-state index in [1.165, 1.54) is 36.9 Å². The molecule has 4 aliphatic rings. The maximum atomic E-state index is 11.3. The molecule has 0 aromatic heterocycles. The van der Waals surface area contributed by atoms with Gasteiger partial charge in [0.25, 0.3) is 0 Å². The molecule has 4 fully saturated rings. The number of aliphatic hydroxyl groups is 2. The fourth-order valence-electron chi connectivity index (χ4n) is 8.66. The Morgan fingerprint density at radius 3 is 2.37 bits per heavy atom. The Bertz CT molecular complexity index is 761. The van der Waals surface area contributed by atoms with E-state index in [-0.39, 0.29) is 17.6 Å². The topological polar surface area (TPSA) is 43.7 Å². The molecule has 0 heterocycles. The molecule has 1 unspecified atom stereocenters. The van der Waals surface area contributed by atoms with Crippen LogP contribution < -0.4 is 4.90 Å². The minimum Gasteiger partial charge on any atom is -0.393 e. The molecular weight excluding hydrogens is 370 g/mol. The number of fused-ring (bicyclic) bond motifs is 5. The summed E-state index contributed by atoms with van der Waals surface area (Å²) in [4.78, 5) is 2.16. The van der Waals surface area contributed by atoms with Crippen LogP contribution in [-0.2, 0) is 0 Å². The lowest BCUT2D eigenvalue weighted by Gasteiger charge is -2.59. The van der Waals surface area contributed by atoms with Gasteiger partial charge in [-0.05, 0) is 109 Å². The van der Waals surface area contributed by atoms with Crippen LogP contribution >= 0.6 is 0 Å². The molecule has 1 aromatic rings. The molecule has 5 rings (SSSR count). The minimum atomic E-state index is -0.166. The van der Waals surface area contributed by atoms with E-state index >= 15 is 0 Å². The van der Waals surface area contributed by atoms with E-state index < -0.39 is 0 Å². The minimum absolute atomic E-state index is 0.0335. The van der Waals surface area contributed by atoms with Crippen molar-refractivity contribution in [2.75, 3.05) is 19.0 Å². The van der Waals surface area contributed by atoms with Crippen LogP contribution in [0.3, 0.4) is 0 Å². The summed E-state index contributed by atoms with van der Waals surface area (Å²) >= 11 is 0. The van der Waals surface area contributed by atoms with Crippen LogP contribution in [0, 0.1) is 40.9 Å². The molecule has 0 saturated heterocycles. The molecule has 30 heavy (non-hydrogen) atoms. The number of hydrogen-bond donors (Lipinski definition) is 2. The van der Waals surface area contributed by atoms with Crippen LogP contribution in [0.15, 0.2) is 24.3 Å². The van der Waals surface area contributed by atoms with Gasteiger partial charge in [-0.1, -0.05) is 26.0 Å². The number of hydrogen-bond acceptors (Lipinski definition) is 3. The molecule has 3 heteroatoms. The summed E-state index contributed by atoms with van der Waals surface area (Å²) in [5.74, 6) is 4.09. The highest BCUT2D eigenvalue weighted by atomic mass is 16.3. The van der Waals surface area contributed by atoms with Crippen molar-refractivity contribution in [3.63, 3.8) is 0 Å². The molecule has 0 amide bonds. The van der Waals surface area contributed by atoms with Crippen molar-refractivity contribution < 1.29 is 10.2 Å². The summed E-state index contributed by atoms with van der Waals surface area (Å²) in [5, 5.41) is 22.3. The van der Waals surface area contributed by atoms with Gasteiger partial charge in [-0.15, -0.1) is 0 Å². The predicted octanol–water partition coefficient (Wildman–Crippen LogP) is 5.07. The molecule has 3 nitrogen and oxygen atoms in total. The van der Waals surface area contributed by atoms with E-state index in [1.807, 2.05) is 0 Å². The zero-order valence-electron chi connectivity index (χ0n) is 19.3. The van der Waals surface area contributed by atoms with Crippen molar-refractivity contribution in [3.05, 3.63) is 29.8 Å². The summed E-state index contributed by atoms with van der Waals surface area (Å²) < 4.78 is 0. The Morgan fingerprint density at radius 2 is 1.67 bits per heavy atom. The highest BCUT2D eigenvalue weighted by Crippen LogP contribution is 2.66. The Labute approximate surface area is 182 Å². The number of aliphatic hydroxyl groups excluding tert-OH is 2. The second-order valence-electron chi connectivity index (χ2n) is 11.8. The van der Waals surface area contributed by atoms with Gasteiger partial charge in [0.1, 0.15) is 0 Å². The van der Waals surface area contributed by atoms with Gasteiger partial charge in [-0.25, -0.2) is 0 Å². The molecule has 1 aromatic carbocycles. The van der Waals surface area contributed by atoms with Gasteiger partial charge in [-0.3, -0.25) is 0 Å². The second-order valence-corrected chi connectivity index (χ2v) is 11.8. The maximum Gasteiger partial charge on any atom is 0.0596 e. The Balaban J connectivity index is 1.55. The first-order valence-corrected chi connectivity index (χ1v) is 12.4. The van der Waals surface area contributed by atoms with E-state index in [0.29, 0.717) is 41.4 Å². The summed E-state index contributed by atoms with van der Waals surface area (Å²) in [6, 6.07) is 9.18. The van der Waals surface area contributed by atoms with E-state index in [2.05, 4.69) is 57.1 Å². The SMILES string of the molecule is C[C@H]1CC(O)[C@H]2[C@@H](CC[C@@H]3[C@@H]2[C@@H](c2ccc(N(C)C)cc2)C[C@]2(C)[C@@H](O)CC[C@@H]32)C1. The largest absolute Gasteiger partial charge is 0.393 e. The Hall–Kier alpha value is -1.06. The quantitative estimate of drug-likeness (QED) is 0.714. The fraction of sp³-hybridized carbons (Fsp3) is 0.778. The zero-order chi connectivity index (χ0) is 21.2. The lowest BCUT2D eigenvalue weighted by Crippen LogP contribution is -2.55. The normalized spacial score (nSPS) is 47.9. The molecule has 0 bridgehead atoms. The lowest BCUT2D eigenvalue weighted by molar-refractivity contribution is -0.130. The van der Waals surface area contributed by atoms with E-state index in [0.717, 1.165) is 19.3 Å². The van der Waals surface area contributed by atoms with Crippen LogP contribution in [-0.4, -0.2) is 36.5 Å². The molecule has 0 aliphatic heterocycles. The molecule has 4 saturated carbocycles. The lowest BCUT2D eigenvalue weighted by atomic mass is 9.46. The van der Waals surface area contributed by atoms with Gasteiger partial charge in [-0.2, -0.15) is 0 Å². The first kappa shape index (κ1) is 20.8. The first-order valence-electron chi connectivity index (χ1n) is 12.4. The number of anilines is 1. The molecule has 10 atom stereocenters. The Kier molecular flexibility index (Phi) is 5.22. The number of nitrogens with zero attached hydrogens (tertiary/aromatic N) is 1. The summed E-state index contributed by atoms with van der Waals surface area (Å²) in [5.41, 5.74) is 2.70. The molecular formula is C27H41NO2. The van der Waals surface area contributed by atoms with Crippen LogP contribution in [0.5, 0.6) is 0 Å². The van der Waals surface area contributed by atoms with Crippen molar-refractivity contribution >= 4 is 5.69 Å². The fourth-order valence-corrected chi connectivity index (χ4v) is 8.66. The van der Waals surface area contributed by atoms with Crippen molar-refractivity contribution in [2.24, 2.45) is 40.9 Å². The molecule has 0 radical (unpaired) electrons. The molecule has 4 aliphatic carbocycles. The van der Waals surface area contributed by atoms with Gasteiger partial charge in [0, 0.05) is 19.8 Å². The third-order valence-electron chi connectivity index (χ3n) is 9.99. The Morgan fingerprint density at radius 1 is 0.933 bits per heavy atom. The monoisotopic (exact) mass is 411 g/mol. The zero-order valence-corrected chi connectivity index (χ0v) is 19.3. The van der Waals surface area contributed by atoms with Gasteiger partial charge in [0.15, 0.2) is 0 Å². The van der Waals surface area contributed by atoms with E-state index in [4.69, 9.17) is 0 Å². The van der Waals surface area contributed by atoms with Crippen LogP contribution in [0.2, 0.25) is 0 Å². The van der Waals surface area contributed by atoms with Crippen LogP contribution in [0.1, 0.15) is 70.3 Å². The average Bonchev–Trinajstić information content (AvgIpc) is 3.01. The van der Waals surface area contributed by atoms with Crippen molar-refractivity contribution in [3.8, 4) is 0 Å². The van der Waals surface area contributed by atoms with E-state index in [1.54, 1.807) is 0 Å². The third kappa shape index (κ3) is 3.14. The van der Waals surface area contributed by atoms with Crippen LogP contribution in [0.4, 0.5) is 5.69 Å². The standard InChI is InChI=1S/C27H41NO2/c1-16-13-18-7-10-20-22-11-12-24(30)27(22,2)15-21(26(20)25(18)23(29)14-16)17-5-8-19(9-6-17)28(3)4/h5-6,8-9,16,18,20-26,29-30H,7,10-15H2,1-4H3/t16-,18+,20+,21-,22+,23?,24+,25-,26-,27+/m1/s1. The smallest absolute Gasteiger partial charge is 0.0596 e. The summed E-state index contributed by atoms with van der Waals surface area (Å²) in [6.45, 7) is 4.70. The van der Waals surface area contributed by atoms with Gasteiger partial charge in [0.2, 0.25) is 0 Å². The van der Waals surface area contributed by atoms with Crippen molar-refractivity contribution in [2.45, 2.75) is 76.9 Å². The van der Waals surface area contributed by atoms with Crippen molar-refractivity contribution in [1.82, 2.24) is 0 Å². The predicted molar refractivity (Wildman–Crippen MR) is 123 cm³/mol. The summed E-state index contributed by atoms with van der Waals surface area (Å²) in [7, 11) is 4.19. The maximum absolute atomic E-state index is 11.3.